The number of carbonyl (C=O) groups excluding carboxylic acids is 2. The van der Waals surface area contributed by atoms with Gasteiger partial charge >= 0.3 is 6.03 Å². The highest BCUT2D eigenvalue weighted by Crippen LogP contribution is 2.36. The maximum atomic E-state index is 12.6. The molecule has 0 aliphatic carbocycles. The van der Waals surface area contributed by atoms with Crippen LogP contribution in [0.15, 0.2) is 47.5 Å². The van der Waals surface area contributed by atoms with Gasteiger partial charge in [-0.15, -0.1) is 16.1 Å². The Morgan fingerprint density at radius 2 is 1.97 bits per heavy atom. The molecule has 0 bridgehead atoms. The molecule has 158 valence electrons. The number of rotatable bonds is 4. The lowest BCUT2D eigenvalue weighted by atomic mass is 10.0. The van der Waals surface area contributed by atoms with Crippen molar-refractivity contribution in [1.29, 1.82) is 0 Å². The quantitative estimate of drug-likeness (QED) is 0.511. The van der Waals surface area contributed by atoms with Gasteiger partial charge in [0.15, 0.2) is 0 Å². The zero-order chi connectivity index (χ0) is 22.1. The number of carbonyl (C=O) groups is 2. The minimum atomic E-state index is -0.770. The number of anilines is 1. The van der Waals surface area contributed by atoms with Crippen LogP contribution >= 0.6 is 0 Å². The summed E-state index contributed by atoms with van der Waals surface area (Å²) in [5.74, 6) is 6.03. The van der Waals surface area contributed by atoms with Crippen LogP contribution in [0.5, 0.6) is 0 Å². The third-order valence-corrected chi connectivity index (χ3v) is 5.30. The van der Waals surface area contributed by atoms with E-state index >= 15 is 0 Å². The van der Waals surface area contributed by atoms with Crippen LogP contribution in [-0.4, -0.2) is 38.4 Å². The van der Waals surface area contributed by atoms with Crippen molar-refractivity contribution >= 4 is 29.5 Å². The molecular formula is C23H19N7O2. The van der Waals surface area contributed by atoms with Gasteiger partial charge in [0, 0.05) is 30.3 Å². The molecule has 5 rings (SSSR count). The number of fused-ring (bicyclic) bond motifs is 1. The van der Waals surface area contributed by atoms with Gasteiger partial charge in [-0.25, -0.2) is 4.79 Å². The predicted molar refractivity (Wildman–Crippen MR) is 118 cm³/mol. The molecule has 1 saturated heterocycles. The largest absolute Gasteiger partial charge is 0.329 e. The Morgan fingerprint density at radius 1 is 1.12 bits per heavy atom. The second kappa shape index (κ2) is 8.07. The van der Waals surface area contributed by atoms with E-state index in [9.17, 15) is 9.59 Å². The smallest absolute Gasteiger partial charge is 0.277 e. The molecule has 1 unspecified atom stereocenters. The maximum absolute atomic E-state index is 12.6. The van der Waals surface area contributed by atoms with E-state index in [1.54, 1.807) is 12.1 Å². The van der Waals surface area contributed by atoms with E-state index in [1.165, 1.54) is 9.70 Å². The van der Waals surface area contributed by atoms with Crippen molar-refractivity contribution in [2.45, 2.75) is 32.4 Å². The molecule has 2 aromatic carbocycles. The molecule has 2 aliphatic rings. The van der Waals surface area contributed by atoms with Crippen LogP contribution < -0.4 is 10.2 Å². The number of hydrogen-bond donors (Lipinski definition) is 1. The summed E-state index contributed by atoms with van der Waals surface area (Å²) in [4.78, 5) is 32.5. The number of amides is 3. The highest BCUT2D eigenvalue weighted by atomic mass is 16.2. The summed E-state index contributed by atoms with van der Waals surface area (Å²) in [6.45, 7) is 2.36. The summed E-state index contributed by atoms with van der Waals surface area (Å²) in [6.07, 6.45) is 3.38. The number of tetrazole rings is 1. The fourth-order valence-corrected chi connectivity index (χ4v) is 3.76. The van der Waals surface area contributed by atoms with E-state index in [2.05, 4.69) is 37.6 Å². The van der Waals surface area contributed by atoms with E-state index in [1.807, 2.05) is 43.5 Å². The number of aliphatic imine (C=N–C) groups is 1. The molecule has 3 aromatic rings. The summed E-state index contributed by atoms with van der Waals surface area (Å²) in [6, 6.07) is 11.6. The predicted octanol–water partition coefficient (Wildman–Crippen LogP) is 2.81. The summed E-state index contributed by atoms with van der Waals surface area (Å²) in [7, 11) is 0. The highest BCUT2D eigenvalue weighted by molar-refractivity contribution is 6.14. The first-order chi connectivity index (χ1) is 15.6. The minimum Gasteiger partial charge on any atom is -0.277 e. The molecule has 3 amide bonds. The van der Waals surface area contributed by atoms with Crippen molar-refractivity contribution in [2.75, 3.05) is 4.90 Å². The maximum Gasteiger partial charge on any atom is 0.329 e. The van der Waals surface area contributed by atoms with Crippen molar-refractivity contribution < 1.29 is 9.59 Å². The molecule has 32 heavy (non-hydrogen) atoms. The Hall–Kier alpha value is -4.32. The Labute approximate surface area is 184 Å². The van der Waals surface area contributed by atoms with Gasteiger partial charge in [-0.2, -0.15) is 4.80 Å². The third kappa shape index (κ3) is 3.52. The van der Waals surface area contributed by atoms with E-state index in [0.29, 0.717) is 23.6 Å². The number of imide groups is 1. The average Bonchev–Trinajstić information content (AvgIpc) is 3.52. The standard InChI is InChI=1S/C23H19N7O2/c1-2-3-4-13-29-27-21(26-28-29)17-7-5-16(6-8-17)20-22(31)25-23(32)30(20)18-10-9-15-11-12-24-19(15)14-18/h5-10,12,14,20H,2,11,13H2,1H3,(H,25,31,32). The molecule has 1 atom stereocenters. The van der Waals surface area contributed by atoms with E-state index in [4.69, 9.17) is 0 Å². The number of benzene rings is 2. The highest BCUT2D eigenvalue weighted by Gasteiger charge is 2.40. The summed E-state index contributed by atoms with van der Waals surface area (Å²) >= 11 is 0. The van der Waals surface area contributed by atoms with E-state index in [-0.39, 0.29) is 5.91 Å². The van der Waals surface area contributed by atoms with Gasteiger partial charge in [-0.1, -0.05) is 43.2 Å². The number of aromatic nitrogens is 4. The lowest BCUT2D eigenvalue weighted by molar-refractivity contribution is -0.119. The SMILES string of the molecule is CCC#CCn1nnc(-c2ccc(C3C(=O)NC(=O)N3c3ccc4c(c3)N=CC4)cc2)n1. The summed E-state index contributed by atoms with van der Waals surface area (Å²) in [5, 5.41) is 14.8. The molecule has 2 aliphatic heterocycles. The normalized spacial score (nSPS) is 16.7. The van der Waals surface area contributed by atoms with Crippen LogP contribution in [0.1, 0.15) is 30.5 Å². The van der Waals surface area contributed by atoms with Crippen molar-refractivity contribution in [3.8, 4) is 23.2 Å². The number of nitrogens with zero attached hydrogens (tertiary/aromatic N) is 6. The number of hydrogen-bond acceptors (Lipinski definition) is 6. The van der Waals surface area contributed by atoms with Crippen molar-refractivity contribution in [3.63, 3.8) is 0 Å². The Morgan fingerprint density at radius 3 is 2.78 bits per heavy atom. The first-order valence-corrected chi connectivity index (χ1v) is 10.3. The topological polar surface area (TPSA) is 105 Å². The number of urea groups is 1. The molecule has 0 saturated carbocycles. The van der Waals surface area contributed by atoms with Gasteiger partial charge in [0.2, 0.25) is 5.82 Å². The molecule has 9 nitrogen and oxygen atoms in total. The summed E-state index contributed by atoms with van der Waals surface area (Å²) < 4.78 is 0. The van der Waals surface area contributed by atoms with Crippen LogP contribution in [0.4, 0.5) is 16.2 Å². The van der Waals surface area contributed by atoms with Crippen LogP contribution in [0.25, 0.3) is 11.4 Å². The zero-order valence-corrected chi connectivity index (χ0v) is 17.3. The van der Waals surface area contributed by atoms with E-state index in [0.717, 1.165) is 29.7 Å². The van der Waals surface area contributed by atoms with Crippen molar-refractivity contribution in [2.24, 2.45) is 4.99 Å². The van der Waals surface area contributed by atoms with Crippen molar-refractivity contribution in [3.05, 3.63) is 53.6 Å². The zero-order valence-electron chi connectivity index (χ0n) is 17.3. The van der Waals surface area contributed by atoms with Crippen molar-refractivity contribution in [1.82, 2.24) is 25.5 Å². The molecule has 0 spiro atoms. The first kappa shape index (κ1) is 19.6. The lowest BCUT2D eigenvalue weighted by Gasteiger charge is -2.22. The summed E-state index contributed by atoms with van der Waals surface area (Å²) in [5.41, 5.74) is 3.98. The van der Waals surface area contributed by atoms with Crippen LogP contribution in [0.3, 0.4) is 0 Å². The van der Waals surface area contributed by atoms with Gasteiger partial charge in [-0.3, -0.25) is 20.0 Å². The molecule has 3 heterocycles. The molecule has 0 radical (unpaired) electrons. The second-order valence-electron chi connectivity index (χ2n) is 7.37. The second-order valence-corrected chi connectivity index (χ2v) is 7.37. The van der Waals surface area contributed by atoms with Gasteiger partial charge in [0.25, 0.3) is 5.91 Å². The minimum absolute atomic E-state index is 0.370. The third-order valence-electron chi connectivity index (χ3n) is 5.30. The van der Waals surface area contributed by atoms with Gasteiger partial charge in [-0.05, 0) is 28.5 Å². The Bertz CT molecular complexity index is 1300. The molecule has 9 heteroatoms. The fourth-order valence-electron chi connectivity index (χ4n) is 3.76. The molecular weight excluding hydrogens is 406 g/mol. The van der Waals surface area contributed by atoms with Crippen LogP contribution in [0, 0.1) is 11.8 Å². The molecule has 1 aromatic heterocycles. The van der Waals surface area contributed by atoms with E-state index < -0.39 is 12.1 Å². The number of nitrogens with one attached hydrogen (secondary N) is 1. The Kier molecular flexibility index (Phi) is 4.95. The van der Waals surface area contributed by atoms with Crippen LogP contribution in [0.2, 0.25) is 0 Å². The lowest BCUT2D eigenvalue weighted by Crippen LogP contribution is -2.29. The van der Waals surface area contributed by atoms with Crippen LogP contribution in [-0.2, 0) is 17.8 Å². The van der Waals surface area contributed by atoms with Gasteiger partial charge in [0.05, 0.1) is 5.69 Å². The molecule has 1 fully saturated rings. The monoisotopic (exact) mass is 425 g/mol. The van der Waals surface area contributed by atoms with Gasteiger partial charge in [0.1, 0.15) is 12.6 Å². The average molecular weight is 425 g/mol. The Balaban J connectivity index is 1.41. The van der Waals surface area contributed by atoms with Gasteiger partial charge < -0.3 is 0 Å². The molecule has 1 N–H and O–H groups in total. The first-order valence-electron chi connectivity index (χ1n) is 10.3. The fraction of sp³-hybridized carbons (Fsp3) is 0.217.